The van der Waals surface area contributed by atoms with Crippen molar-refractivity contribution < 1.29 is 22.5 Å². The molecule has 0 aromatic heterocycles. The van der Waals surface area contributed by atoms with E-state index in [0.29, 0.717) is 16.8 Å². The highest BCUT2D eigenvalue weighted by Gasteiger charge is 2.52. The van der Waals surface area contributed by atoms with E-state index in [9.17, 15) is 13.2 Å². The molecule has 1 aromatic carbocycles. The van der Waals surface area contributed by atoms with Crippen LogP contribution in [0.5, 0.6) is 0 Å². The van der Waals surface area contributed by atoms with Crippen LogP contribution >= 0.6 is 12.6 Å². The number of hydrogen-bond acceptors (Lipinski definition) is 3. The molecule has 1 aliphatic rings. The second-order valence-corrected chi connectivity index (χ2v) is 6.86. The van der Waals surface area contributed by atoms with Gasteiger partial charge in [-0.15, -0.1) is 0 Å². The van der Waals surface area contributed by atoms with Crippen LogP contribution in [0.4, 0.5) is 13.2 Å². The Hall–Kier alpha value is -0.915. The zero-order valence-electron chi connectivity index (χ0n) is 13.6. The third-order valence-electron chi connectivity index (χ3n) is 4.35. The summed E-state index contributed by atoms with van der Waals surface area (Å²) in [5, 5.41) is 0. The Morgan fingerprint density at radius 3 is 2.22 bits per heavy atom. The van der Waals surface area contributed by atoms with Crippen molar-refractivity contribution >= 4 is 25.8 Å². The molecule has 2 rings (SSSR count). The highest BCUT2D eigenvalue weighted by atomic mass is 32.1. The Morgan fingerprint density at radius 2 is 1.78 bits per heavy atom. The summed E-state index contributed by atoms with van der Waals surface area (Å²) in [6, 6.07) is 3.61. The maximum absolute atomic E-state index is 13.7. The summed E-state index contributed by atoms with van der Waals surface area (Å²) in [4.78, 5) is 0. The zero-order chi connectivity index (χ0) is 17.4. The lowest BCUT2D eigenvalue weighted by atomic mass is 9.78. The van der Waals surface area contributed by atoms with E-state index in [0.717, 1.165) is 12.1 Å². The Morgan fingerprint density at radius 1 is 1.22 bits per heavy atom. The van der Waals surface area contributed by atoms with E-state index in [2.05, 4.69) is 12.6 Å². The van der Waals surface area contributed by atoms with Crippen molar-refractivity contribution in [2.24, 2.45) is 0 Å². The van der Waals surface area contributed by atoms with Gasteiger partial charge < -0.3 is 9.31 Å². The first-order valence-corrected chi connectivity index (χ1v) is 7.95. The van der Waals surface area contributed by atoms with Gasteiger partial charge in [0.1, 0.15) is 5.82 Å². The summed E-state index contributed by atoms with van der Waals surface area (Å²) < 4.78 is 50.7. The molecule has 2 nitrogen and oxygen atoms in total. The SMILES string of the molecule is CC1(C)OB(C(=Cc2ccc(C(F)F)c(F)c2)CS)OC1(C)C. The third-order valence-corrected chi connectivity index (χ3v) is 4.72. The van der Waals surface area contributed by atoms with Gasteiger partial charge in [-0.25, -0.2) is 13.2 Å². The van der Waals surface area contributed by atoms with Crippen molar-refractivity contribution in [2.75, 3.05) is 5.75 Å². The fourth-order valence-electron chi connectivity index (χ4n) is 2.21. The summed E-state index contributed by atoms with van der Waals surface area (Å²) in [6.45, 7) is 7.72. The fraction of sp³-hybridized carbons (Fsp3) is 0.500. The quantitative estimate of drug-likeness (QED) is 0.630. The number of benzene rings is 1. The molecule has 0 unspecified atom stereocenters. The second-order valence-electron chi connectivity index (χ2n) is 6.55. The first-order chi connectivity index (χ1) is 10.6. The molecule has 23 heavy (non-hydrogen) atoms. The summed E-state index contributed by atoms with van der Waals surface area (Å²) in [7, 11) is -0.602. The summed E-state index contributed by atoms with van der Waals surface area (Å²) in [6.07, 6.45) is -1.17. The number of thiol groups is 1. The Bertz CT molecular complexity index is 601. The first kappa shape index (κ1) is 18.4. The van der Waals surface area contributed by atoms with Crippen LogP contribution in [0.2, 0.25) is 0 Å². The molecular weight excluding hydrogens is 324 g/mol. The van der Waals surface area contributed by atoms with Crippen LogP contribution in [-0.4, -0.2) is 24.1 Å². The van der Waals surface area contributed by atoms with Crippen molar-refractivity contribution in [3.8, 4) is 0 Å². The topological polar surface area (TPSA) is 18.5 Å². The van der Waals surface area contributed by atoms with Gasteiger partial charge in [0.05, 0.1) is 16.8 Å². The Kier molecular flexibility index (Phi) is 5.23. The number of alkyl halides is 2. The lowest BCUT2D eigenvalue weighted by molar-refractivity contribution is 0.00578. The highest BCUT2D eigenvalue weighted by molar-refractivity contribution is 7.80. The molecule has 0 radical (unpaired) electrons. The van der Waals surface area contributed by atoms with E-state index < -0.39 is 36.1 Å². The first-order valence-electron chi connectivity index (χ1n) is 7.32. The lowest BCUT2D eigenvalue weighted by Gasteiger charge is -2.32. The van der Waals surface area contributed by atoms with E-state index in [4.69, 9.17) is 9.31 Å². The molecule has 7 heteroatoms. The molecule has 0 aliphatic carbocycles. The van der Waals surface area contributed by atoms with Gasteiger partial charge in [0, 0.05) is 5.75 Å². The standard InChI is InChI=1S/C16H20BF3O2S/c1-15(2)16(3,4)22-17(21-15)11(9-23)7-10-5-6-12(14(19)20)13(18)8-10/h5-8,14,23H,9H2,1-4H3. The van der Waals surface area contributed by atoms with Crippen LogP contribution in [0.15, 0.2) is 23.7 Å². The fourth-order valence-corrected chi connectivity index (χ4v) is 2.45. The second kappa shape index (κ2) is 6.53. The van der Waals surface area contributed by atoms with Crippen molar-refractivity contribution in [2.45, 2.75) is 45.3 Å². The van der Waals surface area contributed by atoms with E-state index in [1.54, 1.807) is 6.08 Å². The van der Waals surface area contributed by atoms with Crippen LogP contribution in [0.25, 0.3) is 6.08 Å². The van der Waals surface area contributed by atoms with Crippen LogP contribution in [-0.2, 0) is 9.31 Å². The minimum absolute atomic E-state index is 0.342. The highest BCUT2D eigenvalue weighted by Crippen LogP contribution is 2.39. The molecule has 0 atom stereocenters. The van der Waals surface area contributed by atoms with E-state index in [1.165, 1.54) is 6.07 Å². The molecule has 0 saturated carbocycles. The van der Waals surface area contributed by atoms with Gasteiger partial charge in [-0.2, -0.15) is 12.6 Å². The van der Waals surface area contributed by atoms with Crippen LogP contribution in [0.1, 0.15) is 45.2 Å². The lowest BCUT2D eigenvalue weighted by Crippen LogP contribution is -2.41. The molecule has 1 aromatic rings. The molecule has 0 amide bonds. The summed E-state index contributed by atoms with van der Waals surface area (Å²) in [5.74, 6) is -0.587. The van der Waals surface area contributed by atoms with Gasteiger partial charge in [0.2, 0.25) is 0 Å². The number of hydrogen-bond donors (Lipinski definition) is 1. The van der Waals surface area contributed by atoms with E-state index >= 15 is 0 Å². The molecule has 126 valence electrons. The summed E-state index contributed by atoms with van der Waals surface area (Å²) in [5.41, 5.74) is -0.429. The average Bonchev–Trinajstić information content (AvgIpc) is 2.64. The number of halogens is 3. The van der Waals surface area contributed by atoms with Gasteiger partial charge in [-0.1, -0.05) is 12.1 Å². The van der Waals surface area contributed by atoms with E-state index in [1.807, 2.05) is 27.7 Å². The largest absolute Gasteiger partial charge is 0.491 e. The molecule has 1 aliphatic heterocycles. The molecule has 1 heterocycles. The van der Waals surface area contributed by atoms with Gasteiger partial charge in [-0.05, 0) is 50.9 Å². The Labute approximate surface area is 140 Å². The Balaban J connectivity index is 2.28. The molecule has 1 fully saturated rings. The minimum atomic E-state index is -2.83. The molecule has 1 saturated heterocycles. The molecular formula is C16H20BF3O2S. The van der Waals surface area contributed by atoms with Crippen molar-refractivity contribution in [1.29, 1.82) is 0 Å². The minimum Gasteiger partial charge on any atom is -0.400 e. The van der Waals surface area contributed by atoms with Crippen LogP contribution < -0.4 is 0 Å². The molecule has 0 spiro atoms. The maximum Gasteiger partial charge on any atom is 0.491 e. The van der Waals surface area contributed by atoms with Crippen LogP contribution in [0, 0.1) is 5.82 Å². The van der Waals surface area contributed by atoms with Crippen LogP contribution in [0.3, 0.4) is 0 Å². The van der Waals surface area contributed by atoms with Crippen molar-refractivity contribution in [1.82, 2.24) is 0 Å². The average molecular weight is 344 g/mol. The zero-order valence-corrected chi connectivity index (χ0v) is 14.5. The number of rotatable bonds is 4. The smallest absolute Gasteiger partial charge is 0.400 e. The maximum atomic E-state index is 13.7. The van der Waals surface area contributed by atoms with Gasteiger partial charge in [0.15, 0.2) is 0 Å². The third kappa shape index (κ3) is 3.78. The summed E-state index contributed by atoms with van der Waals surface area (Å²) >= 11 is 4.27. The predicted octanol–water partition coefficient (Wildman–Crippen LogP) is 4.71. The van der Waals surface area contributed by atoms with Gasteiger partial charge >= 0.3 is 7.12 Å². The molecule has 0 bridgehead atoms. The monoisotopic (exact) mass is 344 g/mol. The van der Waals surface area contributed by atoms with Gasteiger partial charge in [-0.3, -0.25) is 0 Å². The van der Waals surface area contributed by atoms with Crippen molar-refractivity contribution in [3.63, 3.8) is 0 Å². The van der Waals surface area contributed by atoms with E-state index in [-0.39, 0.29) is 0 Å². The van der Waals surface area contributed by atoms with Gasteiger partial charge in [0.25, 0.3) is 6.43 Å². The molecule has 0 N–H and O–H groups in total. The van der Waals surface area contributed by atoms with Crippen molar-refractivity contribution in [3.05, 3.63) is 40.6 Å². The predicted molar refractivity (Wildman–Crippen MR) is 89.3 cm³/mol. The normalized spacial score (nSPS) is 20.4.